The van der Waals surface area contributed by atoms with Crippen LogP contribution in [0.5, 0.6) is 0 Å². The molecule has 0 radical (unpaired) electrons. The van der Waals surface area contributed by atoms with Crippen molar-refractivity contribution in [3.05, 3.63) is 0 Å². The van der Waals surface area contributed by atoms with Crippen molar-refractivity contribution in [3.63, 3.8) is 0 Å². The molecule has 4 heteroatoms. The zero-order valence-electron chi connectivity index (χ0n) is 15.1. The monoisotopic (exact) mass is 311 g/mol. The summed E-state index contributed by atoms with van der Waals surface area (Å²) in [6, 6.07) is 0.313. The Morgan fingerprint density at radius 2 is 1.73 bits per heavy atom. The first-order chi connectivity index (χ1) is 10.4. The standard InChI is InChI=1S/C18H33NO3/c1-7-18(8-2)15(11-16(18)21-6)19(5)17(20)14-9-12(3)22-13(4)10-14/h12-16H,7-11H2,1-6H3/t12-,13+,14?,15-,16-/m1/s1. The van der Waals surface area contributed by atoms with Gasteiger partial charge >= 0.3 is 0 Å². The fourth-order valence-electron chi connectivity index (χ4n) is 4.83. The smallest absolute Gasteiger partial charge is 0.225 e. The van der Waals surface area contributed by atoms with Crippen LogP contribution in [0.15, 0.2) is 0 Å². The molecular weight excluding hydrogens is 278 g/mol. The molecule has 1 heterocycles. The Hall–Kier alpha value is -0.610. The number of carbonyl (C=O) groups excluding carboxylic acids is 1. The molecule has 0 aromatic rings. The maximum Gasteiger partial charge on any atom is 0.225 e. The fourth-order valence-corrected chi connectivity index (χ4v) is 4.83. The van der Waals surface area contributed by atoms with Gasteiger partial charge in [0, 0.05) is 31.5 Å². The van der Waals surface area contributed by atoms with E-state index in [1.165, 1.54) is 0 Å². The van der Waals surface area contributed by atoms with E-state index in [-0.39, 0.29) is 29.6 Å². The van der Waals surface area contributed by atoms with Gasteiger partial charge in [0.2, 0.25) is 5.91 Å². The number of carbonyl (C=O) groups is 1. The van der Waals surface area contributed by atoms with Gasteiger partial charge < -0.3 is 14.4 Å². The van der Waals surface area contributed by atoms with Crippen LogP contribution in [0.25, 0.3) is 0 Å². The molecule has 1 aliphatic carbocycles. The lowest BCUT2D eigenvalue weighted by atomic mass is 9.58. The number of methoxy groups -OCH3 is 1. The number of nitrogens with zero attached hydrogens (tertiary/aromatic N) is 1. The first-order valence-corrected chi connectivity index (χ1v) is 8.84. The third-order valence-corrected chi connectivity index (χ3v) is 6.21. The molecule has 0 spiro atoms. The molecule has 2 fully saturated rings. The van der Waals surface area contributed by atoms with Crippen LogP contribution >= 0.6 is 0 Å². The highest BCUT2D eigenvalue weighted by atomic mass is 16.5. The molecular formula is C18H33NO3. The van der Waals surface area contributed by atoms with E-state index in [4.69, 9.17) is 9.47 Å². The molecule has 4 nitrogen and oxygen atoms in total. The minimum absolute atomic E-state index is 0.108. The largest absolute Gasteiger partial charge is 0.381 e. The predicted molar refractivity (Wildman–Crippen MR) is 87.7 cm³/mol. The zero-order valence-corrected chi connectivity index (χ0v) is 15.1. The molecule has 0 bridgehead atoms. The number of hydrogen-bond donors (Lipinski definition) is 0. The van der Waals surface area contributed by atoms with Crippen LogP contribution in [0.4, 0.5) is 0 Å². The molecule has 1 aliphatic heterocycles. The Bertz CT molecular complexity index is 384. The quantitative estimate of drug-likeness (QED) is 0.782. The summed E-state index contributed by atoms with van der Waals surface area (Å²) in [5.41, 5.74) is 0.127. The van der Waals surface area contributed by atoms with E-state index in [2.05, 4.69) is 27.7 Å². The predicted octanol–water partition coefficient (Wildman–Crippen LogP) is 3.24. The second kappa shape index (κ2) is 6.88. The van der Waals surface area contributed by atoms with Crippen LogP contribution in [-0.2, 0) is 14.3 Å². The van der Waals surface area contributed by atoms with Crippen LogP contribution in [0.3, 0.4) is 0 Å². The van der Waals surface area contributed by atoms with E-state index in [0.29, 0.717) is 11.9 Å². The average molecular weight is 311 g/mol. The van der Waals surface area contributed by atoms with E-state index >= 15 is 0 Å². The summed E-state index contributed by atoms with van der Waals surface area (Å²) in [5.74, 6) is 0.407. The van der Waals surface area contributed by atoms with Crippen molar-refractivity contribution in [1.29, 1.82) is 0 Å². The Morgan fingerprint density at radius 1 is 1.18 bits per heavy atom. The molecule has 0 aromatic carbocycles. The molecule has 1 saturated heterocycles. The van der Waals surface area contributed by atoms with Crippen molar-refractivity contribution in [2.24, 2.45) is 11.3 Å². The topological polar surface area (TPSA) is 38.8 Å². The van der Waals surface area contributed by atoms with Gasteiger partial charge in [0.15, 0.2) is 0 Å². The van der Waals surface area contributed by atoms with E-state index in [9.17, 15) is 4.79 Å². The summed E-state index contributed by atoms with van der Waals surface area (Å²) >= 11 is 0. The van der Waals surface area contributed by atoms with Crippen LogP contribution < -0.4 is 0 Å². The highest BCUT2D eigenvalue weighted by Gasteiger charge is 2.56. The molecule has 1 saturated carbocycles. The van der Waals surface area contributed by atoms with Crippen molar-refractivity contribution in [1.82, 2.24) is 4.90 Å². The molecule has 2 rings (SSSR count). The molecule has 22 heavy (non-hydrogen) atoms. The first-order valence-electron chi connectivity index (χ1n) is 8.84. The van der Waals surface area contributed by atoms with Gasteiger partial charge in [-0.2, -0.15) is 0 Å². The Labute approximate surface area is 135 Å². The van der Waals surface area contributed by atoms with E-state index in [1.54, 1.807) is 7.11 Å². The molecule has 1 amide bonds. The average Bonchev–Trinajstić information content (AvgIpc) is 2.46. The second-order valence-electron chi connectivity index (χ2n) is 7.29. The van der Waals surface area contributed by atoms with E-state index < -0.39 is 0 Å². The highest BCUT2D eigenvalue weighted by Crippen LogP contribution is 2.51. The van der Waals surface area contributed by atoms with Crippen molar-refractivity contribution >= 4 is 5.91 Å². The summed E-state index contributed by atoms with van der Waals surface area (Å²) in [6.45, 7) is 8.59. The van der Waals surface area contributed by atoms with Crippen molar-refractivity contribution in [2.45, 2.75) is 84.2 Å². The SMILES string of the molecule is CCC1(CC)[C@H](OC)C[C@H]1N(C)C(=O)C1C[C@@H](C)O[C@@H](C)C1. The lowest BCUT2D eigenvalue weighted by Crippen LogP contribution is -2.65. The summed E-state index contributed by atoms with van der Waals surface area (Å²) < 4.78 is 11.4. The van der Waals surface area contributed by atoms with Gasteiger partial charge in [-0.1, -0.05) is 13.8 Å². The van der Waals surface area contributed by atoms with Gasteiger partial charge in [-0.15, -0.1) is 0 Å². The molecule has 5 atom stereocenters. The Morgan fingerprint density at radius 3 is 2.18 bits per heavy atom. The minimum atomic E-state index is 0.108. The van der Waals surface area contributed by atoms with Gasteiger partial charge in [-0.3, -0.25) is 4.79 Å². The lowest BCUT2D eigenvalue weighted by Gasteiger charge is -2.58. The molecule has 0 N–H and O–H groups in total. The molecule has 0 aromatic heterocycles. The second-order valence-corrected chi connectivity index (χ2v) is 7.29. The Kier molecular flexibility index (Phi) is 5.54. The van der Waals surface area contributed by atoms with Crippen molar-refractivity contribution in [2.75, 3.05) is 14.2 Å². The summed E-state index contributed by atoms with van der Waals surface area (Å²) in [4.78, 5) is 15.0. The van der Waals surface area contributed by atoms with Crippen LogP contribution in [0.2, 0.25) is 0 Å². The normalized spacial score (nSPS) is 37.5. The van der Waals surface area contributed by atoms with E-state index in [1.807, 2.05) is 11.9 Å². The third-order valence-electron chi connectivity index (χ3n) is 6.21. The number of hydrogen-bond acceptors (Lipinski definition) is 3. The number of rotatable bonds is 5. The van der Waals surface area contributed by atoms with Crippen molar-refractivity contribution in [3.8, 4) is 0 Å². The maximum absolute atomic E-state index is 13.0. The number of ether oxygens (including phenoxy) is 2. The van der Waals surface area contributed by atoms with Gasteiger partial charge in [0.05, 0.1) is 18.3 Å². The van der Waals surface area contributed by atoms with Gasteiger partial charge in [0.25, 0.3) is 0 Å². The Balaban J connectivity index is 2.07. The highest BCUT2D eigenvalue weighted by molar-refractivity contribution is 5.79. The maximum atomic E-state index is 13.0. The lowest BCUT2D eigenvalue weighted by molar-refractivity contribution is -0.176. The summed E-state index contributed by atoms with van der Waals surface area (Å²) in [5, 5.41) is 0. The van der Waals surface area contributed by atoms with Gasteiger partial charge in [-0.25, -0.2) is 0 Å². The minimum Gasteiger partial charge on any atom is -0.381 e. The zero-order chi connectivity index (χ0) is 16.5. The molecule has 1 unspecified atom stereocenters. The van der Waals surface area contributed by atoms with E-state index in [0.717, 1.165) is 32.1 Å². The first kappa shape index (κ1) is 17.7. The van der Waals surface area contributed by atoms with Crippen LogP contribution in [0.1, 0.15) is 59.8 Å². The fraction of sp³-hybridized carbons (Fsp3) is 0.944. The summed E-state index contributed by atoms with van der Waals surface area (Å²) in [7, 11) is 3.79. The van der Waals surface area contributed by atoms with Crippen LogP contribution in [-0.4, -0.2) is 49.3 Å². The van der Waals surface area contributed by atoms with Crippen LogP contribution in [0, 0.1) is 11.3 Å². The molecule has 2 aliphatic rings. The van der Waals surface area contributed by atoms with Gasteiger partial charge in [-0.05, 0) is 46.0 Å². The van der Waals surface area contributed by atoms with Crippen molar-refractivity contribution < 1.29 is 14.3 Å². The summed E-state index contributed by atoms with van der Waals surface area (Å²) in [6.07, 6.45) is 5.43. The number of amides is 1. The van der Waals surface area contributed by atoms with Gasteiger partial charge in [0.1, 0.15) is 0 Å². The molecule has 128 valence electrons. The third kappa shape index (κ3) is 2.92.